The predicted octanol–water partition coefficient (Wildman–Crippen LogP) is 0.596. The second kappa shape index (κ2) is 3.21. The van der Waals surface area contributed by atoms with Crippen LogP contribution >= 0.6 is 0 Å². The Morgan fingerprint density at radius 2 is 2.29 bits per heavy atom. The molecule has 1 aromatic carbocycles. The van der Waals surface area contributed by atoms with Crippen LogP contribution in [0.1, 0.15) is 15.9 Å². The number of fused-ring (bicyclic) bond motifs is 1. The Bertz CT molecular complexity index is 387. The molecule has 0 saturated heterocycles. The molecular weight excluding hydrogens is 178 g/mol. The van der Waals surface area contributed by atoms with E-state index < -0.39 is 0 Å². The number of anilines is 2. The standard InChI is InChI=1S/C10H13N3O/c1-12-9-4-6-2-3-13-10(14)7(6)5-8(9)11/h4-5,12H,2-3,11H2,1H3,(H,13,14). The van der Waals surface area contributed by atoms with Crippen LogP contribution < -0.4 is 16.4 Å². The van der Waals surface area contributed by atoms with Gasteiger partial charge in [-0.05, 0) is 24.1 Å². The molecule has 14 heavy (non-hydrogen) atoms. The van der Waals surface area contributed by atoms with Crippen LogP contribution in [0.15, 0.2) is 12.1 Å². The number of rotatable bonds is 1. The van der Waals surface area contributed by atoms with Crippen LogP contribution in [0.3, 0.4) is 0 Å². The average Bonchev–Trinajstić information content (AvgIpc) is 2.19. The maximum absolute atomic E-state index is 11.5. The highest BCUT2D eigenvalue weighted by Crippen LogP contribution is 2.25. The van der Waals surface area contributed by atoms with Crippen molar-refractivity contribution in [3.05, 3.63) is 23.3 Å². The molecule has 1 aliphatic heterocycles. The number of nitrogens with one attached hydrogen (secondary N) is 2. The summed E-state index contributed by atoms with van der Waals surface area (Å²) in [6.45, 7) is 0.707. The summed E-state index contributed by atoms with van der Waals surface area (Å²) < 4.78 is 0. The number of hydrogen-bond acceptors (Lipinski definition) is 3. The lowest BCUT2D eigenvalue weighted by Gasteiger charge is -2.18. The summed E-state index contributed by atoms with van der Waals surface area (Å²) >= 11 is 0. The van der Waals surface area contributed by atoms with Crippen molar-refractivity contribution in [2.45, 2.75) is 6.42 Å². The lowest BCUT2D eigenvalue weighted by molar-refractivity contribution is 0.0946. The van der Waals surface area contributed by atoms with E-state index in [1.54, 1.807) is 6.07 Å². The monoisotopic (exact) mass is 191 g/mol. The Morgan fingerprint density at radius 3 is 3.00 bits per heavy atom. The molecule has 0 unspecified atom stereocenters. The Kier molecular flexibility index (Phi) is 2.04. The van der Waals surface area contributed by atoms with Crippen molar-refractivity contribution in [1.29, 1.82) is 0 Å². The smallest absolute Gasteiger partial charge is 0.251 e. The van der Waals surface area contributed by atoms with Crippen molar-refractivity contribution in [2.75, 3.05) is 24.6 Å². The van der Waals surface area contributed by atoms with E-state index in [2.05, 4.69) is 10.6 Å². The van der Waals surface area contributed by atoms with Gasteiger partial charge >= 0.3 is 0 Å². The van der Waals surface area contributed by atoms with E-state index in [1.165, 1.54) is 0 Å². The highest BCUT2D eigenvalue weighted by Gasteiger charge is 2.17. The number of nitrogens with two attached hydrogens (primary N) is 1. The number of benzene rings is 1. The van der Waals surface area contributed by atoms with Crippen molar-refractivity contribution in [3.63, 3.8) is 0 Å². The van der Waals surface area contributed by atoms with Crippen LogP contribution in [0.4, 0.5) is 11.4 Å². The average molecular weight is 191 g/mol. The number of carbonyl (C=O) groups excluding carboxylic acids is 1. The van der Waals surface area contributed by atoms with Crippen molar-refractivity contribution in [1.82, 2.24) is 5.32 Å². The minimum atomic E-state index is -0.0272. The normalized spacial score (nSPS) is 14.5. The van der Waals surface area contributed by atoms with Crippen molar-refractivity contribution >= 4 is 17.3 Å². The third kappa shape index (κ3) is 1.28. The third-order valence-corrected chi connectivity index (χ3v) is 2.47. The largest absolute Gasteiger partial charge is 0.397 e. The van der Waals surface area contributed by atoms with Crippen LogP contribution in [0.25, 0.3) is 0 Å². The SMILES string of the molecule is CNc1cc2c(cc1N)C(=O)NCC2. The van der Waals surface area contributed by atoms with Gasteiger partial charge < -0.3 is 16.4 Å². The van der Waals surface area contributed by atoms with Gasteiger partial charge in [0.1, 0.15) is 0 Å². The second-order valence-corrected chi connectivity index (χ2v) is 3.35. The quantitative estimate of drug-likeness (QED) is 0.569. The van der Waals surface area contributed by atoms with Gasteiger partial charge in [0, 0.05) is 19.2 Å². The van der Waals surface area contributed by atoms with Gasteiger partial charge in [-0.15, -0.1) is 0 Å². The van der Waals surface area contributed by atoms with Crippen LogP contribution in [-0.4, -0.2) is 19.5 Å². The fourth-order valence-electron chi connectivity index (χ4n) is 1.70. The van der Waals surface area contributed by atoms with Gasteiger partial charge in [0.25, 0.3) is 5.91 Å². The zero-order chi connectivity index (χ0) is 10.1. The molecule has 74 valence electrons. The van der Waals surface area contributed by atoms with Crippen molar-refractivity contribution in [3.8, 4) is 0 Å². The first-order valence-electron chi connectivity index (χ1n) is 4.60. The molecular formula is C10H13N3O. The molecule has 1 aliphatic rings. The first-order valence-corrected chi connectivity index (χ1v) is 4.60. The molecule has 4 N–H and O–H groups in total. The minimum absolute atomic E-state index is 0.0272. The van der Waals surface area contributed by atoms with E-state index in [0.717, 1.165) is 17.7 Å². The third-order valence-electron chi connectivity index (χ3n) is 2.47. The molecule has 1 heterocycles. The highest BCUT2D eigenvalue weighted by atomic mass is 16.1. The van der Waals surface area contributed by atoms with E-state index in [4.69, 9.17) is 5.73 Å². The van der Waals surface area contributed by atoms with E-state index in [9.17, 15) is 4.79 Å². The molecule has 4 heteroatoms. The second-order valence-electron chi connectivity index (χ2n) is 3.35. The van der Waals surface area contributed by atoms with Crippen LogP contribution in [0.5, 0.6) is 0 Å². The fourth-order valence-corrected chi connectivity index (χ4v) is 1.70. The Morgan fingerprint density at radius 1 is 1.50 bits per heavy atom. The zero-order valence-electron chi connectivity index (χ0n) is 8.05. The Hall–Kier alpha value is -1.71. The molecule has 0 atom stereocenters. The maximum Gasteiger partial charge on any atom is 0.251 e. The van der Waals surface area contributed by atoms with E-state index in [0.29, 0.717) is 17.8 Å². The topological polar surface area (TPSA) is 67.1 Å². The summed E-state index contributed by atoms with van der Waals surface area (Å²) in [5, 5.41) is 5.79. The molecule has 2 rings (SSSR count). The van der Waals surface area contributed by atoms with Gasteiger partial charge in [-0.1, -0.05) is 0 Å². The van der Waals surface area contributed by atoms with E-state index in [1.807, 2.05) is 13.1 Å². The molecule has 0 bridgehead atoms. The number of carbonyl (C=O) groups is 1. The summed E-state index contributed by atoms with van der Waals surface area (Å²) in [6.07, 6.45) is 0.871. The lowest BCUT2D eigenvalue weighted by atomic mass is 9.99. The molecule has 0 fully saturated rings. The summed E-state index contributed by atoms with van der Waals surface area (Å²) in [5.74, 6) is -0.0272. The van der Waals surface area contributed by atoms with Gasteiger partial charge in [0.2, 0.25) is 0 Å². The van der Waals surface area contributed by atoms with E-state index in [-0.39, 0.29) is 5.91 Å². The van der Waals surface area contributed by atoms with Gasteiger partial charge in [0.05, 0.1) is 11.4 Å². The van der Waals surface area contributed by atoms with Gasteiger partial charge in [-0.3, -0.25) is 4.79 Å². The number of amides is 1. The molecule has 0 aliphatic carbocycles. The van der Waals surface area contributed by atoms with Gasteiger partial charge in [-0.2, -0.15) is 0 Å². The first kappa shape index (κ1) is 8.87. The minimum Gasteiger partial charge on any atom is -0.397 e. The number of nitrogen functional groups attached to an aromatic ring is 1. The maximum atomic E-state index is 11.5. The lowest BCUT2D eigenvalue weighted by Crippen LogP contribution is -2.31. The first-order chi connectivity index (χ1) is 6.72. The number of hydrogen-bond donors (Lipinski definition) is 3. The molecule has 1 amide bonds. The van der Waals surface area contributed by atoms with Crippen molar-refractivity contribution in [2.24, 2.45) is 0 Å². The molecule has 0 radical (unpaired) electrons. The molecule has 0 saturated carbocycles. The van der Waals surface area contributed by atoms with Crippen LogP contribution in [0.2, 0.25) is 0 Å². The zero-order valence-corrected chi connectivity index (χ0v) is 8.05. The molecule has 0 spiro atoms. The van der Waals surface area contributed by atoms with Gasteiger partial charge in [-0.25, -0.2) is 0 Å². The Balaban J connectivity index is 2.54. The predicted molar refractivity (Wildman–Crippen MR) is 56.4 cm³/mol. The molecule has 1 aromatic rings. The van der Waals surface area contributed by atoms with Crippen LogP contribution in [-0.2, 0) is 6.42 Å². The van der Waals surface area contributed by atoms with E-state index >= 15 is 0 Å². The molecule has 4 nitrogen and oxygen atoms in total. The Labute approximate surface area is 82.5 Å². The van der Waals surface area contributed by atoms with Crippen molar-refractivity contribution < 1.29 is 4.79 Å². The van der Waals surface area contributed by atoms with Crippen LogP contribution in [0, 0.1) is 0 Å². The van der Waals surface area contributed by atoms with Gasteiger partial charge in [0.15, 0.2) is 0 Å². The summed E-state index contributed by atoms with van der Waals surface area (Å²) in [6, 6.07) is 3.68. The molecule has 0 aromatic heterocycles. The highest BCUT2D eigenvalue weighted by molar-refractivity contribution is 5.98. The summed E-state index contributed by atoms with van der Waals surface area (Å²) in [4.78, 5) is 11.5. The summed E-state index contributed by atoms with van der Waals surface area (Å²) in [7, 11) is 1.82. The summed E-state index contributed by atoms with van der Waals surface area (Å²) in [5.41, 5.74) is 9.04. The fraction of sp³-hybridized carbons (Fsp3) is 0.300.